The van der Waals surface area contributed by atoms with E-state index in [0.717, 1.165) is 25.7 Å². The number of ether oxygens (including phenoxy) is 1. The Morgan fingerprint density at radius 1 is 1.07 bits per heavy atom. The minimum atomic E-state index is -0.0647. The van der Waals surface area contributed by atoms with E-state index in [-0.39, 0.29) is 11.0 Å². The maximum atomic E-state index is 9.41. The fraction of sp³-hybridized carbons (Fsp3) is 1.00. The molecule has 0 amide bonds. The first-order valence-electron chi connectivity index (χ1n) is 5.61. The third-order valence-corrected chi connectivity index (χ3v) is 3.65. The Hall–Kier alpha value is -0.0800. The molecular weight excluding hydrogens is 176 g/mol. The number of methoxy groups -OCH3 is 1. The molecule has 0 bridgehead atoms. The highest BCUT2D eigenvalue weighted by molar-refractivity contribution is 4.80. The van der Waals surface area contributed by atoms with Crippen molar-refractivity contribution in [2.24, 2.45) is 5.41 Å². The molecule has 0 aromatic carbocycles. The lowest BCUT2D eigenvalue weighted by Crippen LogP contribution is -2.30. The van der Waals surface area contributed by atoms with Crippen LogP contribution < -0.4 is 0 Å². The molecule has 0 atom stereocenters. The van der Waals surface area contributed by atoms with Gasteiger partial charge in [-0.25, -0.2) is 0 Å². The van der Waals surface area contributed by atoms with Gasteiger partial charge in [0.05, 0.1) is 5.60 Å². The van der Waals surface area contributed by atoms with Gasteiger partial charge in [0.25, 0.3) is 0 Å². The summed E-state index contributed by atoms with van der Waals surface area (Å²) in [6.07, 6.45) is 4.13. The van der Waals surface area contributed by atoms with Crippen molar-refractivity contribution in [2.45, 2.75) is 59.0 Å². The molecule has 0 aliphatic rings. The predicted molar refractivity (Wildman–Crippen MR) is 60.4 cm³/mol. The number of hydrogen-bond donors (Lipinski definition) is 1. The Morgan fingerprint density at radius 2 is 1.57 bits per heavy atom. The van der Waals surface area contributed by atoms with Gasteiger partial charge in [0.1, 0.15) is 0 Å². The summed E-state index contributed by atoms with van der Waals surface area (Å²) in [5, 5.41) is 9.41. The van der Waals surface area contributed by atoms with E-state index in [4.69, 9.17) is 4.74 Å². The summed E-state index contributed by atoms with van der Waals surface area (Å²) in [7, 11) is 1.75. The molecule has 2 heteroatoms. The van der Waals surface area contributed by atoms with Gasteiger partial charge in [0.2, 0.25) is 0 Å². The molecule has 0 saturated heterocycles. The highest BCUT2D eigenvalue weighted by atomic mass is 16.5. The lowest BCUT2D eigenvalue weighted by Gasteiger charge is -2.33. The summed E-state index contributed by atoms with van der Waals surface area (Å²) in [4.78, 5) is 0. The first-order chi connectivity index (χ1) is 6.45. The molecule has 0 rings (SSSR count). The smallest absolute Gasteiger partial charge is 0.0623 e. The van der Waals surface area contributed by atoms with Crippen LogP contribution in [-0.4, -0.2) is 24.4 Å². The van der Waals surface area contributed by atoms with Crippen molar-refractivity contribution in [1.29, 1.82) is 0 Å². The molecule has 0 saturated carbocycles. The molecule has 0 unspecified atom stereocenters. The van der Waals surface area contributed by atoms with Crippen molar-refractivity contribution in [3.05, 3.63) is 0 Å². The highest BCUT2D eigenvalue weighted by Crippen LogP contribution is 2.34. The van der Waals surface area contributed by atoms with Gasteiger partial charge in [-0.3, -0.25) is 0 Å². The third-order valence-electron chi connectivity index (χ3n) is 3.65. The molecule has 2 nitrogen and oxygen atoms in total. The largest absolute Gasteiger partial charge is 0.396 e. The van der Waals surface area contributed by atoms with Gasteiger partial charge in [-0.15, -0.1) is 0 Å². The summed E-state index contributed by atoms with van der Waals surface area (Å²) in [5.41, 5.74) is 0.0422. The topological polar surface area (TPSA) is 29.5 Å². The molecule has 0 aliphatic heterocycles. The predicted octanol–water partition coefficient (Wildman–Crippen LogP) is 2.99. The summed E-state index contributed by atoms with van der Waals surface area (Å²) in [6.45, 7) is 8.79. The van der Waals surface area contributed by atoms with E-state index in [1.165, 1.54) is 0 Å². The van der Waals surface area contributed by atoms with E-state index in [1.54, 1.807) is 7.11 Å². The molecule has 0 aromatic heterocycles. The maximum absolute atomic E-state index is 9.41. The Bertz CT molecular complexity index is 140. The lowest BCUT2D eigenvalue weighted by atomic mass is 9.77. The summed E-state index contributed by atoms with van der Waals surface area (Å²) in [6, 6.07) is 0. The van der Waals surface area contributed by atoms with Crippen LogP contribution in [0, 0.1) is 5.41 Å². The zero-order valence-electron chi connectivity index (χ0n) is 10.4. The SMILES string of the molecule is CCC(CC)(CO)CCC(C)(C)OC. The molecule has 14 heavy (non-hydrogen) atoms. The van der Waals surface area contributed by atoms with E-state index in [9.17, 15) is 5.11 Å². The second-order valence-electron chi connectivity index (χ2n) is 4.83. The highest BCUT2D eigenvalue weighted by Gasteiger charge is 2.28. The van der Waals surface area contributed by atoms with Gasteiger partial charge < -0.3 is 9.84 Å². The van der Waals surface area contributed by atoms with E-state index in [0.29, 0.717) is 6.61 Å². The summed E-state index contributed by atoms with van der Waals surface area (Å²) in [5.74, 6) is 0. The molecule has 0 heterocycles. The zero-order chi connectivity index (χ0) is 11.2. The molecular formula is C12H26O2. The van der Waals surface area contributed by atoms with Crippen LogP contribution in [-0.2, 0) is 4.74 Å². The molecule has 0 aromatic rings. The Kier molecular flexibility index (Phi) is 5.68. The van der Waals surface area contributed by atoms with Gasteiger partial charge in [0, 0.05) is 13.7 Å². The van der Waals surface area contributed by atoms with Crippen molar-refractivity contribution < 1.29 is 9.84 Å². The van der Waals surface area contributed by atoms with Crippen LogP contribution in [0.15, 0.2) is 0 Å². The Balaban J connectivity index is 4.19. The number of rotatable bonds is 7. The van der Waals surface area contributed by atoms with Crippen LogP contribution in [0.4, 0.5) is 0 Å². The fourth-order valence-electron chi connectivity index (χ4n) is 1.57. The van der Waals surface area contributed by atoms with Gasteiger partial charge >= 0.3 is 0 Å². The minimum absolute atomic E-state index is 0.0647. The van der Waals surface area contributed by atoms with Crippen molar-refractivity contribution in [2.75, 3.05) is 13.7 Å². The van der Waals surface area contributed by atoms with Crippen molar-refractivity contribution >= 4 is 0 Å². The average molecular weight is 202 g/mol. The first-order valence-corrected chi connectivity index (χ1v) is 5.61. The van der Waals surface area contributed by atoms with Crippen LogP contribution >= 0.6 is 0 Å². The quantitative estimate of drug-likeness (QED) is 0.687. The Labute approximate surface area is 88.7 Å². The minimum Gasteiger partial charge on any atom is -0.396 e. The van der Waals surface area contributed by atoms with E-state index in [1.807, 2.05) is 0 Å². The molecule has 0 radical (unpaired) electrons. The maximum Gasteiger partial charge on any atom is 0.0623 e. The standard InChI is InChI=1S/C12H26O2/c1-6-12(7-2,10-13)9-8-11(3,4)14-5/h13H,6-10H2,1-5H3. The van der Waals surface area contributed by atoms with Gasteiger partial charge in [-0.05, 0) is 44.9 Å². The second kappa shape index (κ2) is 5.72. The number of hydrogen-bond acceptors (Lipinski definition) is 2. The van der Waals surface area contributed by atoms with E-state index >= 15 is 0 Å². The van der Waals surface area contributed by atoms with Crippen molar-refractivity contribution in [3.8, 4) is 0 Å². The normalized spacial score (nSPS) is 13.3. The van der Waals surface area contributed by atoms with Crippen LogP contribution in [0.2, 0.25) is 0 Å². The van der Waals surface area contributed by atoms with Crippen molar-refractivity contribution in [1.82, 2.24) is 0 Å². The van der Waals surface area contributed by atoms with Crippen LogP contribution in [0.5, 0.6) is 0 Å². The summed E-state index contributed by atoms with van der Waals surface area (Å²) >= 11 is 0. The molecule has 0 spiro atoms. The van der Waals surface area contributed by atoms with E-state index in [2.05, 4.69) is 27.7 Å². The molecule has 0 fully saturated rings. The molecule has 1 N–H and O–H groups in total. The third kappa shape index (κ3) is 3.97. The Morgan fingerprint density at radius 3 is 1.86 bits per heavy atom. The monoisotopic (exact) mass is 202 g/mol. The van der Waals surface area contributed by atoms with Gasteiger partial charge in [0.15, 0.2) is 0 Å². The van der Waals surface area contributed by atoms with Crippen LogP contribution in [0.1, 0.15) is 53.4 Å². The molecule has 86 valence electrons. The van der Waals surface area contributed by atoms with Crippen LogP contribution in [0.25, 0.3) is 0 Å². The lowest BCUT2D eigenvalue weighted by molar-refractivity contribution is -0.00522. The van der Waals surface area contributed by atoms with Crippen LogP contribution in [0.3, 0.4) is 0 Å². The van der Waals surface area contributed by atoms with Crippen molar-refractivity contribution in [3.63, 3.8) is 0 Å². The average Bonchev–Trinajstić information content (AvgIpc) is 2.21. The summed E-state index contributed by atoms with van der Waals surface area (Å²) < 4.78 is 5.38. The number of aliphatic hydroxyl groups excluding tert-OH is 1. The fourth-order valence-corrected chi connectivity index (χ4v) is 1.57. The number of aliphatic hydroxyl groups is 1. The van der Waals surface area contributed by atoms with Gasteiger partial charge in [-0.2, -0.15) is 0 Å². The van der Waals surface area contributed by atoms with E-state index < -0.39 is 0 Å². The van der Waals surface area contributed by atoms with Gasteiger partial charge in [-0.1, -0.05) is 13.8 Å². The zero-order valence-corrected chi connectivity index (χ0v) is 10.4. The first kappa shape index (κ1) is 13.9. The molecule has 0 aliphatic carbocycles. The second-order valence-corrected chi connectivity index (χ2v) is 4.83.